The molecule has 0 aliphatic rings. The Bertz CT molecular complexity index is 451. The number of aromatic amines is 1. The van der Waals surface area contributed by atoms with Crippen LogP contribution in [-0.4, -0.2) is 34.4 Å². The zero-order valence-corrected chi connectivity index (χ0v) is 11.2. The van der Waals surface area contributed by atoms with Crippen molar-refractivity contribution in [2.45, 2.75) is 3.92 Å². The number of esters is 1. The number of hydrogen-bond donors (Lipinski definition) is 2. The summed E-state index contributed by atoms with van der Waals surface area (Å²) in [5.41, 5.74) is 0.0564. The van der Waals surface area contributed by atoms with Crippen molar-refractivity contribution in [2.24, 2.45) is 0 Å². The molecule has 2 N–H and O–H groups in total. The number of pyridine rings is 1. The van der Waals surface area contributed by atoms with Gasteiger partial charge in [-0.25, -0.2) is 0 Å². The minimum absolute atomic E-state index is 0.172. The van der Waals surface area contributed by atoms with Crippen LogP contribution >= 0.6 is 22.6 Å². The molecule has 0 bridgehead atoms. The highest BCUT2D eigenvalue weighted by Crippen LogP contribution is 2.01. The van der Waals surface area contributed by atoms with Gasteiger partial charge in [-0.15, -0.1) is 0 Å². The number of alkyl halides is 1. The number of carbonyl (C=O) groups excluding carboxylic acids is 2. The van der Waals surface area contributed by atoms with Crippen LogP contribution in [0.2, 0.25) is 0 Å². The van der Waals surface area contributed by atoms with Gasteiger partial charge in [-0.3, -0.25) is 14.4 Å². The summed E-state index contributed by atoms with van der Waals surface area (Å²) in [4.78, 5) is 35.8. The number of methoxy groups -OCH3 is 1. The molecule has 7 heteroatoms. The van der Waals surface area contributed by atoms with Crippen molar-refractivity contribution in [3.05, 3.63) is 34.2 Å². The van der Waals surface area contributed by atoms with Gasteiger partial charge in [0.2, 0.25) is 5.56 Å². The second-order valence-electron chi connectivity index (χ2n) is 3.14. The van der Waals surface area contributed by atoms with Crippen LogP contribution in [0.3, 0.4) is 0 Å². The summed E-state index contributed by atoms with van der Waals surface area (Å²) in [6, 6.07) is 2.67. The quantitative estimate of drug-likeness (QED) is 0.457. The Kier molecular flexibility index (Phi) is 5.13. The second-order valence-corrected chi connectivity index (χ2v) is 4.65. The number of rotatable bonds is 4. The van der Waals surface area contributed by atoms with E-state index < -0.39 is 9.89 Å². The molecule has 0 aromatic carbocycles. The van der Waals surface area contributed by atoms with Crippen molar-refractivity contribution in [3.63, 3.8) is 0 Å². The first-order chi connectivity index (χ1) is 8.04. The maximum Gasteiger partial charge on any atom is 0.320 e. The Morgan fingerprint density at radius 3 is 2.76 bits per heavy atom. The number of hydrogen-bond acceptors (Lipinski definition) is 4. The lowest BCUT2D eigenvalue weighted by molar-refractivity contribution is -0.139. The van der Waals surface area contributed by atoms with Gasteiger partial charge in [0.15, 0.2) is 0 Å². The average molecular weight is 350 g/mol. The molecule has 0 saturated carbocycles. The van der Waals surface area contributed by atoms with E-state index in [4.69, 9.17) is 0 Å². The number of halogens is 1. The maximum atomic E-state index is 11.6. The van der Waals surface area contributed by atoms with E-state index in [0.29, 0.717) is 5.56 Å². The molecule has 0 spiro atoms. The van der Waals surface area contributed by atoms with Gasteiger partial charge < -0.3 is 15.0 Å². The Labute approximate surface area is 111 Å². The predicted octanol–water partition coefficient (Wildman–Crippen LogP) is 0.0813. The topological polar surface area (TPSA) is 88.3 Å². The fraction of sp³-hybridized carbons (Fsp3) is 0.300. The van der Waals surface area contributed by atoms with Crippen LogP contribution in [0.15, 0.2) is 23.1 Å². The van der Waals surface area contributed by atoms with Crippen LogP contribution in [0.5, 0.6) is 0 Å². The fourth-order valence-corrected chi connectivity index (χ4v) is 1.52. The summed E-state index contributed by atoms with van der Waals surface area (Å²) in [5, 5.41) is 2.56. The van der Waals surface area contributed by atoms with Crippen molar-refractivity contribution in [2.75, 3.05) is 13.7 Å². The monoisotopic (exact) mass is 350 g/mol. The normalized spacial score (nSPS) is 11.6. The molecule has 1 aromatic rings. The summed E-state index contributed by atoms with van der Waals surface area (Å²) >= 11 is 1.88. The maximum absolute atomic E-state index is 11.6. The molecule has 0 aliphatic heterocycles. The molecule has 1 heterocycles. The standard InChI is InChI=1S/C10H11IN2O4/c1-17-10(16)7(11)5-13-9(15)6-2-3-8(14)12-4-6/h2-4,7H,5H2,1H3,(H,12,14)(H,13,15). The molecular formula is C10H11IN2O4. The van der Waals surface area contributed by atoms with Crippen molar-refractivity contribution < 1.29 is 14.3 Å². The second kappa shape index (κ2) is 6.38. The lowest BCUT2D eigenvalue weighted by atomic mass is 10.2. The highest BCUT2D eigenvalue weighted by Gasteiger charge is 2.16. The molecule has 1 aromatic heterocycles. The van der Waals surface area contributed by atoms with Crippen molar-refractivity contribution in [1.29, 1.82) is 0 Å². The van der Waals surface area contributed by atoms with Gasteiger partial charge in [0, 0.05) is 18.8 Å². The number of amides is 1. The summed E-state index contributed by atoms with van der Waals surface area (Å²) in [5.74, 6) is -0.751. The van der Waals surface area contributed by atoms with Crippen LogP contribution in [0, 0.1) is 0 Å². The van der Waals surface area contributed by atoms with Crippen molar-refractivity contribution in [1.82, 2.24) is 10.3 Å². The zero-order chi connectivity index (χ0) is 12.8. The van der Waals surface area contributed by atoms with E-state index in [0.717, 1.165) is 0 Å². The summed E-state index contributed by atoms with van der Waals surface area (Å²) in [6.45, 7) is 0.172. The van der Waals surface area contributed by atoms with Gasteiger partial charge in [-0.1, -0.05) is 22.6 Å². The molecule has 92 valence electrons. The minimum Gasteiger partial charge on any atom is -0.468 e. The number of ether oxygens (including phenoxy) is 1. The minimum atomic E-state index is -0.440. The number of nitrogens with one attached hydrogen (secondary N) is 2. The summed E-state index contributed by atoms with van der Waals surface area (Å²) in [7, 11) is 1.29. The van der Waals surface area contributed by atoms with Crippen LogP contribution in [-0.2, 0) is 9.53 Å². The highest BCUT2D eigenvalue weighted by molar-refractivity contribution is 14.1. The van der Waals surface area contributed by atoms with Gasteiger partial charge >= 0.3 is 5.97 Å². The zero-order valence-electron chi connectivity index (χ0n) is 9.03. The van der Waals surface area contributed by atoms with E-state index in [1.807, 2.05) is 22.6 Å². The first kappa shape index (κ1) is 13.7. The first-order valence-electron chi connectivity index (χ1n) is 4.73. The third-order valence-corrected chi connectivity index (χ3v) is 2.89. The Morgan fingerprint density at radius 2 is 2.24 bits per heavy atom. The summed E-state index contributed by atoms with van der Waals surface area (Å²) < 4.78 is 4.08. The highest BCUT2D eigenvalue weighted by atomic mass is 127. The Morgan fingerprint density at radius 1 is 1.53 bits per heavy atom. The first-order valence-corrected chi connectivity index (χ1v) is 5.98. The molecule has 0 fully saturated rings. The SMILES string of the molecule is COC(=O)C(I)CNC(=O)c1ccc(=O)[nH]c1. The molecule has 1 atom stereocenters. The van der Waals surface area contributed by atoms with Crippen LogP contribution in [0.4, 0.5) is 0 Å². The third kappa shape index (κ3) is 4.17. The predicted molar refractivity (Wildman–Crippen MR) is 69.2 cm³/mol. The number of carbonyl (C=O) groups is 2. The van der Waals surface area contributed by atoms with Gasteiger partial charge in [0.05, 0.1) is 12.7 Å². The largest absolute Gasteiger partial charge is 0.468 e. The molecule has 6 nitrogen and oxygen atoms in total. The third-order valence-electron chi connectivity index (χ3n) is 1.95. The van der Waals surface area contributed by atoms with Crippen molar-refractivity contribution >= 4 is 34.5 Å². The van der Waals surface area contributed by atoms with Gasteiger partial charge in [0.25, 0.3) is 5.91 Å². The lowest BCUT2D eigenvalue weighted by Crippen LogP contribution is -2.34. The average Bonchev–Trinajstić information content (AvgIpc) is 2.35. The Hall–Kier alpha value is -1.38. The molecule has 17 heavy (non-hydrogen) atoms. The van der Waals surface area contributed by atoms with Gasteiger partial charge in [-0.05, 0) is 6.07 Å². The smallest absolute Gasteiger partial charge is 0.320 e. The van der Waals surface area contributed by atoms with E-state index >= 15 is 0 Å². The van der Waals surface area contributed by atoms with Crippen LogP contribution in [0.1, 0.15) is 10.4 Å². The van der Waals surface area contributed by atoms with E-state index in [1.165, 1.54) is 25.4 Å². The fourth-order valence-electron chi connectivity index (χ4n) is 1.05. The molecule has 0 radical (unpaired) electrons. The number of H-pyrrole nitrogens is 1. The lowest BCUT2D eigenvalue weighted by Gasteiger charge is -2.08. The molecule has 0 aliphatic carbocycles. The van der Waals surface area contributed by atoms with Crippen LogP contribution < -0.4 is 10.9 Å². The van der Waals surface area contributed by atoms with E-state index in [2.05, 4.69) is 15.0 Å². The van der Waals surface area contributed by atoms with Gasteiger partial charge in [0.1, 0.15) is 3.92 Å². The van der Waals surface area contributed by atoms with Crippen molar-refractivity contribution in [3.8, 4) is 0 Å². The molecule has 0 saturated heterocycles. The van der Waals surface area contributed by atoms with Crippen LogP contribution in [0.25, 0.3) is 0 Å². The van der Waals surface area contributed by atoms with E-state index in [1.54, 1.807) is 0 Å². The summed E-state index contributed by atoms with van der Waals surface area (Å²) in [6.07, 6.45) is 1.32. The van der Waals surface area contributed by atoms with E-state index in [-0.39, 0.29) is 18.0 Å². The van der Waals surface area contributed by atoms with E-state index in [9.17, 15) is 14.4 Å². The molecule has 1 unspecified atom stereocenters. The van der Waals surface area contributed by atoms with Gasteiger partial charge in [-0.2, -0.15) is 0 Å². The Balaban J connectivity index is 2.53. The molecule has 1 amide bonds. The number of aromatic nitrogens is 1. The molecule has 1 rings (SSSR count). The molecular weight excluding hydrogens is 339 g/mol.